The van der Waals surface area contributed by atoms with Crippen LogP contribution >= 0.6 is 11.3 Å². The Morgan fingerprint density at radius 1 is 1.20 bits per heavy atom. The minimum atomic E-state index is -4.50. The number of ether oxygens (including phenoxy) is 1. The number of anilines is 1. The lowest BCUT2D eigenvalue weighted by molar-refractivity contribution is -0.137. The Labute approximate surface area is 231 Å². The first-order valence-electron chi connectivity index (χ1n) is 13.3. The fourth-order valence-corrected chi connectivity index (χ4v) is 7.14. The maximum Gasteiger partial charge on any atom is 0.417 e. The minimum Gasteiger partial charge on any atom is -0.478 e. The van der Waals surface area contributed by atoms with E-state index in [-0.39, 0.29) is 40.9 Å². The lowest BCUT2D eigenvalue weighted by Crippen LogP contribution is -2.44. The normalized spacial score (nSPS) is 22.8. The van der Waals surface area contributed by atoms with Crippen molar-refractivity contribution < 1.29 is 32.3 Å². The molecule has 2 aromatic heterocycles. The molecular weight excluding hydrogens is 543 g/mol. The summed E-state index contributed by atoms with van der Waals surface area (Å²) in [4.78, 5) is 18.3. The molecule has 3 aliphatic rings. The van der Waals surface area contributed by atoms with Gasteiger partial charge in [-0.15, -0.1) is 0 Å². The van der Waals surface area contributed by atoms with Gasteiger partial charge in [0.25, 0.3) is 0 Å². The minimum absolute atomic E-state index is 0.0149. The van der Waals surface area contributed by atoms with Crippen LogP contribution in [-0.4, -0.2) is 40.4 Å². The molecule has 0 amide bonds. The van der Waals surface area contributed by atoms with Crippen LogP contribution in [0.15, 0.2) is 47.0 Å². The van der Waals surface area contributed by atoms with Crippen molar-refractivity contribution in [3.05, 3.63) is 64.9 Å². The summed E-state index contributed by atoms with van der Waals surface area (Å²) in [5.41, 5.74) is 1.31. The van der Waals surface area contributed by atoms with Gasteiger partial charge in [-0.1, -0.05) is 34.7 Å². The van der Waals surface area contributed by atoms with E-state index in [9.17, 15) is 23.1 Å². The number of benzene rings is 2. The highest BCUT2D eigenvalue weighted by atomic mass is 32.1. The third-order valence-electron chi connectivity index (χ3n) is 8.37. The van der Waals surface area contributed by atoms with Gasteiger partial charge in [0, 0.05) is 30.1 Å². The van der Waals surface area contributed by atoms with Gasteiger partial charge in [0.15, 0.2) is 5.13 Å². The lowest BCUT2D eigenvalue weighted by atomic mass is 9.66. The molecule has 0 radical (unpaired) electrons. The number of alkyl halides is 3. The first-order chi connectivity index (χ1) is 19.2. The van der Waals surface area contributed by atoms with E-state index in [2.05, 4.69) is 10.1 Å². The van der Waals surface area contributed by atoms with Gasteiger partial charge in [0.1, 0.15) is 11.5 Å². The Balaban J connectivity index is 1.03. The number of aromatic carboxylic acids is 1. The number of aromatic nitrogens is 2. The second kappa shape index (κ2) is 9.31. The molecule has 1 saturated heterocycles. The molecule has 2 saturated carbocycles. The molecule has 1 N–H and O–H groups in total. The highest BCUT2D eigenvalue weighted by Gasteiger charge is 2.50. The average Bonchev–Trinajstić information content (AvgIpc) is 3.32. The van der Waals surface area contributed by atoms with Gasteiger partial charge in [-0.05, 0) is 61.8 Å². The lowest BCUT2D eigenvalue weighted by Gasteiger charge is -2.44. The van der Waals surface area contributed by atoms with E-state index < -0.39 is 17.7 Å². The summed E-state index contributed by atoms with van der Waals surface area (Å²) >= 11 is 1.51. The molecule has 40 heavy (non-hydrogen) atoms. The van der Waals surface area contributed by atoms with Crippen molar-refractivity contribution in [1.82, 2.24) is 10.1 Å². The van der Waals surface area contributed by atoms with Crippen molar-refractivity contribution >= 4 is 32.7 Å². The number of rotatable bonds is 7. The summed E-state index contributed by atoms with van der Waals surface area (Å²) in [7, 11) is 0. The van der Waals surface area contributed by atoms with Gasteiger partial charge in [-0.2, -0.15) is 13.2 Å². The zero-order valence-corrected chi connectivity index (χ0v) is 22.2. The third kappa shape index (κ3) is 4.54. The van der Waals surface area contributed by atoms with E-state index in [1.54, 1.807) is 24.3 Å². The van der Waals surface area contributed by atoms with Crippen LogP contribution in [0.2, 0.25) is 0 Å². The molecule has 0 atom stereocenters. The summed E-state index contributed by atoms with van der Waals surface area (Å²) < 4.78 is 53.9. The van der Waals surface area contributed by atoms with Crippen molar-refractivity contribution in [1.29, 1.82) is 0 Å². The number of thiazole rings is 1. The van der Waals surface area contributed by atoms with Crippen molar-refractivity contribution in [2.75, 3.05) is 18.0 Å². The Kier molecular flexibility index (Phi) is 5.94. The van der Waals surface area contributed by atoms with Gasteiger partial charge in [-0.25, -0.2) is 9.78 Å². The van der Waals surface area contributed by atoms with Gasteiger partial charge in [-0.3, -0.25) is 0 Å². The first-order valence-corrected chi connectivity index (χ1v) is 14.2. The fourth-order valence-electron chi connectivity index (χ4n) is 6.11. The van der Waals surface area contributed by atoms with Crippen molar-refractivity contribution in [3.63, 3.8) is 0 Å². The second-order valence-electron chi connectivity index (χ2n) is 11.2. The van der Waals surface area contributed by atoms with Gasteiger partial charge >= 0.3 is 12.1 Å². The largest absolute Gasteiger partial charge is 0.478 e. The van der Waals surface area contributed by atoms with Crippen LogP contribution in [0.4, 0.5) is 18.3 Å². The molecule has 11 heteroatoms. The SMILES string of the molecule is O=C(O)c1ccc2nc(N3CCC4(CC(OCc5c(-c6ccccc6C(F)(F)F)noc5C5CC5)C4)C3)sc2c1. The Bertz CT molecular complexity index is 1600. The maximum atomic E-state index is 13.7. The standard InChI is InChI=1S/C29H26F3N3O4S/c30-29(31,32)21-4-2-1-3-19(21)24-20(25(39-34-24)16-5-6-16)14-38-18-12-28(13-18)9-10-35(15-28)27-33-22-8-7-17(26(36)37)11-23(22)40-27/h1-4,7-8,11,16,18H,5-6,9-10,12-15H2,(H,36,37). The number of halogens is 3. The van der Waals surface area contributed by atoms with E-state index in [4.69, 9.17) is 14.2 Å². The van der Waals surface area contributed by atoms with Crippen LogP contribution in [0.25, 0.3) is 21.5 Å². The number of fused-ring (bicyclic) bond motifs is 1. The smallest absolute Gasteiger partial charge is 0.417 e. The molecule has 7 nitrogen and oxygen atoms in total. The molecular formula is C29H26F3N3O4S. The zero-order valence-electron chi connectivity index (χ0n) is 21.4. The molecule has 1 spiro atoms. The predicted molar refractivity (Wildman–Crippen MR) is 143 cm³/mol. The molecule has 0 unspecified atom stereocenters. The molecule has 3 fully saturated rings. The molecule has 7 rings (SSSR count). The van der Waals surface area contributed by atoms with E-state index >= 15 is 0 Å². The molecule has 2 aromatic carbocycles. The van der Waals surface area contributed by atoms with Crippen molar-refractivity contribution in [2.24, 2.45) is 5.41 Å². The molecule has 1 aliphatic heterocycles. The Morgan fingerprint density at radius 3 is 2.75 bits per heavy atom. The first kappa shape index (κ1) is 25.5. The topological polar surface area (TPSA) is 88.7 Å². The quantitative estimate of drug-likeness (QED) is 0.253. The molecule has 2 aliphatic carbocycles. The van der Waals surface area contributed by atoms with Gasteiger partial charge in [0.2, 0.25) is 0 Å². The number of hydrogen-bond acceptors (Lipinski definition) is 7. The van der Waals surface area contributed by atoms with E-state index in [0.717, 1.165) is 66.6 Å². The van der Waals surface area contributed by atoms with Crippen LogP contribution in [0.3, 0.4) is 0 Å². The number of hydrogen-bond donors (Lipinski definition) is 1. The van der Waals surface area contributed by atoms with Crippen molar-refractivity contribution in [2.45, 2.75) is 56.9 Å². The number of carboxylic acids is 1. The zero-order chi connectivity index (χ0) is 27.6. The Morgan fingerprint density at radius 2 is 2.00 bits per heavy atom. The molecule has 208 valence electrons. The summed E-state index contributed by atoms with van der Waals surface area (Å²) in [6.45, 7) is 1.89. The van der Waals surface area contributed by atoms with Gasteiger partial charge in [0.05, 0.1) is 34.1 Å². The number of nitrogens with zero attached hydrogens (tertiary/aromatic N) is 3. The monoisotopic (exact) mass is 569 g/mol. The third-order valence-corrected chi connectivity index (χ3v) is 9.45. The van der Waals surface area contributed by atoms with E-state index in [0.29, 0.717) is 11.3 Å². The summed E-state index contributed by atoms with van der Waals surface area (Å²) in [6, 6.07) is 10.5. The highest BCUT2D eigenvalue weighted by Crippen LogP contribution is 2.52. The fraction of sp³-hybridized carbons (Fsp3) is 0.414. The number of carboxylic acid groups (broad SMARTS) is 1. The van der Waals surface area contributed by atoms with Crippen LogP contribution in [-0.2, 0) is 17.5 Å². The van der Waals surface area contributed by atoms with Crippen molar-refractivity contribution in [3.8, 4) is 11.3 Å². The van der Waals surface area contributed by atoms with Crippen LogP contribution < -0.4 is 4.90 Å². The molecule has 3 heterocycles. The predicted octanol–water partition coefficient (Wildman–Crippen LogP) is 7.12. The average molecular weight is 570 g/mol. The number of carbonyl (C=O) groups is 1. The van der Waals surface area contributed by atoms with E-state index in [1.807, 2.05) is 0 Å². The maximum absolute atomic E-state index is 13.7. The molecule has 4 aromatic rings. The molecule has 0 bridgehead atoms. The summed E-state index contributed by atoms with van der Waals surface area (Å²) in [5.74, 6) is -0.117. The van der Waals surface area contributed by atoms with Crippen LogP contribution in [0, 0.1) is 5.41 Å². The van der Waals surface area contributed by atoms with Crippen LogP contribution in [0.5, 0.6) is 0 Å². The van der Waals surface area contributed by atoms with Gasteiger partial charge < -0.3 is 19.3 Å². The van der Waals surface area contributed by atoms with E-state index in [1.165, 1.54) is 23.5 Å². The summed E-state index contributed by atoms with van der Waals surface area (Å²) in [6.07, 6.45) is 0.147. The Hall–Kier alpha value is -3.44. The second-order valence-corrected chi connectivity index (χ2v) is 12.2. The summed E-state index contributed by atoms with van der Waals surface area (Å²) in [5, 5.41) is 14.3. The highest BCUT2D eigenvalue weighted by molar-refractivity contribution is 7.22. The van der Waals surface area contributed by atoms with Crippen LogP contribution in [0.1, 0.15) is 65.3 Å².